The largest absolute Gasteiger partial charge is 0.495 e. The number of rotatable bonds is 6. The van der Waals surface area contributed by atoms with E-state index >= 15 is 0 Å². The Hall–Kier alpha value is -2.32. The molecular formula is C15H12BrClN2O5. The van der Waals surface area contributed by atoms with Crippen LogP contribution in [-0.4, -0.2) is 24.5 Å². The van der Waals surface area contributed by atoms with E-state index < -0.39 is 10.8 Å². The second kappa shape index (κ2) is 7.98. The lowest BCUT2D eigenvalue weighted by atomic mass is 10.2. The molecule has 2 aromatic rings. The number of methoxy groups -OCH3 is 1. The zero-order chi connectivity index (χ0) is 17.7. The van der Waals surface area contributed by atoms with Crippen LogP contribution in [0.1, 0.15) is 0 Å². The fraction of sp³-hybridized carbons (Fsp3) is 0.133. The zero-order valence-corrected chi connectivity index (χ0v) is 14.8. The van der Waals surface area contributed by atoms with Crippen molar-refractivity contribution in [1.82, 2.24) is 0 Å². The summed E-state index contributed by atoms with van der Waals surface area (Å²) < 4.78 is 11.2. The van der Waals surface area contributed by atoms with Crippen molar-refractivity contribution in [2.24, 2.45) is 0 Å². The van der Waals surface area contributed by atoms with Crippen molar-refractivity contribution in [1.29, 1.82) is 0 Å². The molecule has 1 N–H and O–H groups in total. The van der Waals surface area contributed by atoms with Crippen LogP contribution in [0.5, 0.6) is 11.5 Å². The highest BCUT2D eigenvalue weighted by Gasteiger charge is 2.14. The van der Waals surface area contributed by atoms with Crippen LogP contribution >= 0.6 is 27.5 Å². The third kappa shape index (κ3) is 4.59. The van der Waals surface area contributed by atoms with Gasteiger partial charge in [0, 0.05) is 16.6 Å². The minimum absolute atomic E-state index is 0.164. The van der Waals surface area contributed by atoms with E-state index in [0.717, 1.165) is 4.47 Å². The molecule has 0 aliphatic rings. The Morgan fingerprint density at radius 2 is 2.00 bits per heavy atom. The van der Waals surface area contributed by atoms with Gasteiger partial charge in [-0.15, -0.1) is 0 Å². The molecule has 0 heterocycles. The molecule has 7 nitrogen and oxygen atoms in total. The Balaban J connectivity index is 2.06. The molecule has 0 atom stereocenters. The van der Waals surface area contributed by atoms with Gasteiger partial charge in [-0.1, -0.05) is 27.5 Å². The molecule has 9 heteroatoms. The van der Waals surface area contributed by atoms with Crippen LogP contribution in [-0.2, 0) is 4.79 Å². The summed E-state index contributed by atoms with van der Waals surface area (Å²) in [7, 11) is 1.40. The molecule has 0 unspecified atom stereocenters. The lowest BCUT2D eigenvalue weighted by Gasteiger charge is -2.11. The van der Waals surface area contributed by atoms with E-state index in [1.54, 1.807) is 18.2 Å². The third-order valence-corrected chi connectivity index (χ3v) is 3.71. The van der Waals surface area contributed by atoms with E-state index in [0.29, 0.717) is 16.5 Å². The highest BCUT2D eigenvalue weighted by molar-refractivity contribution is 9.10. The second-order valence-electron chi connectivity index (χ2n) is 4.55. The van der Waals surface area contributed by atoms with Gasteiger partial charge in [0.2, 0.25) is 0 Å². The highest BCUT2D eigenvalue weighted by Crippen LogP contribution is 2.30. The summed E-state index contributed by atoms with van der Waals surface area (Å²) in [4.78, 5) is 22.3. The number of halogens is 2. The Morgan fingerprint density at radius 3 is 2.62 bits per heavy atom. The van der Waals surface area contributed by atoms with Gasteiger partial charge in [0.25, 0.3) is 11.6 Å². The number of anilines is 1. The molecule has 0 spiro atoms. The molecule has 2 aromatic carbocycles. The van der Waals surface area contributed by atoms with Gasteiger partial charge in [0.1, 0.15) is 11.5 Å². The van der Waals surface area contributed by atoms with Gasteiger partial charge < -0.3 is 14.8 Å². The molecule has 0 saturated carbocycles. The number of nitrogens with one attached hydrogen (secondary N) is 1. The normalized spacial score (nSPS) is 10.1. The van der Waals surface area contributed by atoms with Crippen LogP contribution in [0.2, 0.25) is 5.02 Å². The lowest BCUT2D eigenvalue weighted by Crippen LogP contribution is -2.20. The summed E-state index contributed by atoms with van der Waals surface area (Å²) in [5.41, 5.74) is 0.0187. The van der Waals surface area contributed by atoms with E-state index in [9.17, 15) is 14.9 Å². The van der Waals surface area contributed by atoms with Crippen molar-refractivity contribution in [3.05, 3.63) is 56.0 Å². The first kappa shape index (κ1) is 18.0. The molecule has 0 aromatic heterocycles. The van der Waals surface area contributed by atoms with Crippen molar-refractivity contribution in [2.75, 3.05) is 19.0 Å². The van der Waals surface area contributed by atoms with Crippen molar-refractivity contribution >= 4 is 44.8 Å². The number of hydrogen-bond donors (Lipinski definition) is 1. The van der Waals surface area contributed by atoms with Gasteiger partial charge in [0.15, 0.2) is 6.61 Å². The van der Waals surface area contributed by atoms with Crippen LogP contribution in [0.3, 0.4) is 0 Å². The van der Waals surface area contributed by atoms with Crippen LogP contribution in [0.25, 0.3) is 0 Å². The first-order chi connectivity index (χ1) is 11.4. The summed E-state index contributed by atoms with van der Waals surface area (Å²) in [6.45, 7) is -0.312. The number of benzene rings is 2. The molecule has 0 saturated heterocycles. The Labute approximate surface area is 150 Å². The van der Waals surface area contributed by atoms with Crippen LogP contribution in [0.4, 0.5) is 11.4 Å². The van der Waals surface area contributed by atoms with E-state index in [4.69, 9.17) is 21.1 Å². The Kier molecular flexibility index (Phi) is 5.99. The number of hydrogen-bond acceptors (Lipinski definition) is 5. The first-order valence-corrected chi connectivity index (χ1v) is 7.78. The maximum absolute atomic E-state index is 12.0. The maximum atomic E-state index is 12.0. The molecule has 0 aliphatic heterocycles. The van der Waals surface area contributed by atoms with Crippen molar-refractivity contribution in [3.63, 3.8) is 0 Å². The first-order valence-electron chi connectivity index (χ1n) is 6.61. The standard InChI is InChI=1S/C15H12BrClN2O5/c1-23-14-5-3-10(19(21)22)7-12(14)18-15(20)8-24-13-4-2-9(16)6-11(13)17/h2-7H,8H2,1H3,(H,18,20). The number of nitrogens with zero attached hydrogens (tertiary/aromatic N) is 1. The zero-order valence-electron chi connectivity index (χ0n) is 12.4. The topological polar surface area (TPSA) is 90.7 Å². The second-order valence-corrected chi connectivity index (χ2v) is 5.88. The van der Waals surface area contributed by atoms with Crippen LogP contribution < -0.4 is 14.8 Å². The molecular weight excluding hydrogens is 404 g/mol. The monoisotopic (exact) mass is 414 g/mol. The fourth-order valence-corrected chi connectivity index (χ4v) is 2.56. The molecule has 0 radical (unpaired) electrons. The van der Waals surface area contributed by atoms with Gasteiger partial charge in [-0.25, -0.2) is 0 Å². The van der Waals surface area contributed by atoms with E-state index in [1.165, 1.54) is 25.3 Å². The third-order valence-electron chi connectivity index (χ3n) is 2.92. The van der Waals surface area contributed by atoms with Gasteiger partial charge in [-0.05, 0) is 24.3 Å². The SMILES string of the molecule is COc1ccc([N+](=O)[O-])cc1NC(=O)COc1ccc(Br)cc1Cl. The molecule has 1 amide bonds. The van der Waals surface area contributed by atoms with Gasteiger partial charge >= 0.3 is 0 Å². The fourth-order valence-electron chi connectivity index (χ4n) is 1.83. The predicted octanol–water partition coefficient (Wildman–Crippen LogP) is 4.04. The van der Waals surface area contributed by atoms with Gasteiger partial charge in [-0.2, -0.15) is 0 Å². The molecule has 2 rings (SSSR count). The van der Waals surface area contributed by atoms with Gasteiger partial charge in [-0.3, -0.25) is 14.9 Å². The summed E-state index contributed by atoms with van der Waals surface area (Å²) in [5.74, 6) is 0.143. The predicted molar refractivity (Wildman–Crippen MR) is 92.9 cm³/mol. The van der Waals surface area contributed by atoms with Crippen molar-refractivity contribution < 1.29 is 19.2 Å². The average molecular weight is 416 g/mol. The highest BCUT2D eigenvalue weighted by atomic mass is 79.9. The van der Waals surface area contributed by atoms with Crippen LogP contribution in [0, 0.1) is 10.1 Å². The van der Waals surface area contributed by atoms with E-state index in [2.05, 4.69) is 21.2 Å². The molecule has 0 fully saturated rings. The van der Waals surface area contributed by atoms with E-state index in [1.807, 2.05) is 0 Å². The number of nitro groups is 1. The minimum Gasteiger partial charge on any atom is -0.495 e. The van der Waals surface area contributed by atoms with Gasteiger partial charge in [0.05, 0.1) is 22.7 Å². The smallest absolute Gasteiger partial charge is 0.271 e. The quantitative estimate of drug-likeness (QED) is 0.568. The molecule has 0 aliphatic carbocycles. The van der Waals surface area contributed by atoms with E-state index in [-0.39, 0.29) is 18.0 Å². The van der Waals surface area contributed by atoms with Crippen molar-refractivity contribution in [2.45, 2.75) is 0 Å². The molecule has 126 valence electrons. The average Bonchev–Trinajstić information content (AvgIpc) is 2.53. The summed E-state index contributed by atoms with van der Waals surface area (Å²) in [6, 6.07) is 8.88. The van der Waals surface area contributed by atoms with Crippen LogP contribution in [0.15, 0.2) is 40.9 Å². The number of ether oxygens (including phenoxy) is 2. The summed E-state index contributed by atoms with van der Waals surface area (Å²) in [5, 5.41) is 13.7. The lowest BCUT2D eigenvalue weighted by molar-refractivity contribution is -0.384. The Bertz CT molecular complexity index is 784. The molecule has 24 heavy (non-hydrogen) atoms. The number of carbonyl (C=O) groups is 1. The maximum Gasteiger partial charge on any atom is 0.271 e. The Morgan fingerprint density at radius 1 is 1.29 bits per heavy atom. The number of nitro benzene ring substituents is 1. The summed E-state index contributed by atoms with van der Waals surface area (Å²) >= 11 is 9.26. The molecule has 0 bridgehead atoms. The van der Waals surface area contributed by atoms with Crippen molar-refractivity contribution in [3.8, 4) is 11.5 Å². The number of carbonyl (C=O) groups excluding carboxylic acids is 1. The number of non-ortho nitro benzene ring substituents is 1. The minimum atomic E-state index is -0.562. The summed E-state index contributed by atoms with van der Waals surface area (Å²) in [6.07, 6.45) is 0. The number of amides is 1.